The number of aliphatic hydroxyl groups is 1. The summed E-state index contributed by atoms with van der Waals surface area (Å²) in [6.07, 6.45) is 5.12. The number of hydrogen-bond acceptors (Lipinski definition) is 3. The third-order valence-electron chi connectivity index (χ3n) is 3.71. The zero-order valence-electron chi connectivity index (χ0n) is 9.48. The molecule has 0 radical (unpaired) electrons. The van der Waals surface area contributed by atoms with Gasteiger partial charge < -0.3 is 10.0 Å². The van der Waals surface area contributed by atoms with Gasteiger partial charge >= 0.3 is 0 Å². The largest absolute Gasteiger partial charge is 0.396 e. The Morgan fingerprint density at radius 2 is 2.31 bits per heavy atom. The summed E-state index contributed by atoms with van der Waals surface area (Å²) in [6.45, 7) is 0.973. The molecular formula is C12H18N2O2. The van der Waals surface area contributed by atoms with E-state index in [1.807, 2.05) is 4.90 Å². The number of likely N-dealkylation sites (tertiary alicyclic amines) is 1. The first kappa shape index (κ1) is 11.4. The average Bonchev–Trinajstić information content (AvgIpc) is 2.98. The van der Waals surface area contributed by atoms with E-state index in [1.165, 1.54) is 0 Å². The van der Waals surface area contributed by atoms with E-state index in [0.717, 1.165) is 45.1 Å². The van der Waals surface area contributed by atoms with Crippen LogP contribution >= 0.6 is 0 Å². The number of nitrogens with zero attached hydrogens (tertiary/aromatic N) is 2. The monoisotopic (exact) mass is 222 g/mol. The molecule has 88 valence electrons. The lowest BCUT2D eigenvalue weighted by atomic mass is 10.0. The number of rotatable bonds is 4. The molecule has 1 saturated heterocycles. The number of hydrogen-bond donors (Lipinski definition) is 1. The molecule has 4 heteroatoms. The van der Waals surface area contributed by atoms with Crippen LogP contribution in [0.15, 0.2) is 0 Å². The molecular weight excluding hydrogens is 204 g/mol. The fraction of sp³-hybridized carbons (Fsp3) is 0.833. The first-order chi connectivity index (χ1) is 7.73. The van der Waals surface area contributed by atoms with Gasteiger partial charge in [0.2, 0.25) is 5.91 Å². The quantitative estimate of drug-likeness (QED) is 0.773. The highest BCUT2D eigenvalue weighted by molar-refractivity contribution is 5.88. The zero-order chi connectivity index (χ0) is 11.6. The Morgan fingerprint density at radius 1 is 1.56 bits per heavy atom. The van der Waals surface area contributed by atoms with Crippen molar-refractivity contribution in [1.82, 2.24) is 4.90 Å². The molecule has 2 rings (SSSR count). The van der Waals surface area contributed by atoms with Crippen molar-refractivity contribution in [2.75, 3.05) is 13.2 Å². The van der Waals surface area contributed by atoms with Gasteiger partial charge in [-0.05, 0) is 38.5 Å². The average molecular weight is 222 g/mol. The summed E-state index contributed by atoms with van der Waals surface area (Å²) >= 11 is 0. The van der Waals surface area contributed by atoms with Gasteiger partial charge in [0.05, 0.1) is 6.07 Å². The van der Waals surface area contributed by atoms with E-state index in [1.54, 1.807) is 0 Å². The van der Waals surface area contributed by atoms with E-state index in [-0.39, 0.29) is 18.6 Å². The Kier molecular flexibility index (Phi) is 3.15. The van der Waals surface area contributed by atoms with Crippen LogP contribution in [0.25, 0.3) is 0 Å². The zero-order valence-corrected chi connectivity index (χ0v) is 9.48. The van der Waals surface area contributed by atoms with E-state index < -0.39 is 5.41 Å². The Bertz CT molecular complexity index is 317. The summed E-state index contributed by atoms with van der Waals surface area (Å²) < 4.78 is 0. The summed E-state index contributed by atoms with van der Waals surface area (Å²) in [5.41, 5.74) is -0.679. The van der Waals surface area contributed by atoms with Crippen LogP contribution in [0.2, 0.25) is 0 Å². The number of amides is 1. The van der Waals surface area contributed by atoms with Gasteiger partial charge in [-0.2, -0.15) is 5.26 Å². The Morgan fingerprint density at radius 3 is 2.88 bits per heavy atom. The molecule has 2 aliphatic rings. The highest BCUT2D eigenvalue weighted by atomic mass is 16.3. The molecule has 1 saturated carbocycles. The molecule has 1 atom stereocenters. The summed E-state index contributed by atoms with van der Waals surface area (Å²) in [6, 6.07) is 2.42. The second-order valence-corrected chi connectivity index (χ2v) is 4.85. The van der Waals surface area contributed by atoms with Crippen LogP contribution in [0.3, 0.4) is 0 Å². The lowest BCUT2D eigenvalue weighted by Crippen LogP contribution is -2.40. The van der Waals surface area contributed by atoms with Gasteiger partial charge in [0.25, 0.3) is 0 Å². The highest BCUT2D eigenvalue weighted by Crippen LogP contribution is 2.47. The second-order valence-electron chi connectivity index (χ2n) is 4.85. The maximum atomic E-state index is 12.2. The number of carbonyl (C=O) groups excluding carboxylic acids is 1. The summed E-state index contributed by atoms with van der Waals surface area (Å²) in [7, 11) is 0. The standard InChI is InChI=1S/C12H18N2O2/c13-9-12(5-6-12)11(16)14-7-1-3-10(14)4-2-8-15/h10,15H,1-8H2. The van der Waals surface area contributed by atoms with E-state index in [2.05, 4.69) is 6.07 Å². The van der Waals surface area contributed by atoms with Crippen LogP contribution in [-0.2, 0) is 4.79 Å². The van der Waals surface area contributed by atoms with E-state index in [9.17, 15) is 4.79 Å². The molecule has 4 nitrogen and oxygen atoms in total. The fourth-order valence-corrected chi connectivity index (χ4v) is 2.50. The number of nitriles is 1. The highest BCUT2D eigenvalue weighted by Gasteiger charge is 2.53. The number of carbonyl (C=O) groups is 1. The van der Waals surface area contributed by atoms with E-state index in [4.69, 9.17) is 10.4 Å². The molecule has 1 amide bonds. The second kappa shape index (κ2) is 4.42. The molecule has 0 aromatic carbocycles. The molecule has 16 heavy (non-hydrogen) atoms. The minimum atomic E-state index is -0.679. The minimum absolute atomic E-state index is 0.0374. The fourth-order valence-electron chi connectivity index (χ4n) is 2.50. The summed E-state index contributed by atoms with van der Waals surface area (Å²) in [5.74, 6) is 0.0374. The van der Waals surface area contributed by atoms with Crippen molar-refractivity contribution in [3.63, 3.8) is 0 Å². The van der Waals surface area contributed by atoms with Gasteiger partial charge in [0, 0.05) is 19.2 Å². The van der Waals surface area contributed by atoms with Crippen molar-refractivity contribution in [2.45, 2.75) is 44.6 Å². The molecule has 0 aromatic rings. The van der Waals surface area contributed by atoms with Crippen molar-refractivity contribution < 1.29 is 9.90 Å². The van der Waals surface area contributed by atoms with Crippen LogP contribution in [0, 0.1) is 16.7 Å². The Hall–Kier alpha value is -1.08. The first-order valence-electron chi connectivity index (χ1n) is 6.07. The van der Waals surface area contributed by atoms with E-state index >= 15 is 0 Å². The third-order valence-corrected chi connectivity index (χ3v) is 3.71. The minimum Gasteiger partial charge on any atom is -0.396 e. The van der Waals surface area contributed by atoms with Crippen LogP contribution in [0.5, 0.6) is 0 Å². The molecule has 1 heterocycles. The Labute approximate surface area is 95.9 Å². The van der Waals surface area contributed by atoms with Crippen molar-refractivity contribution in [3.8, 4) is 6.07 Å². The molecule has 2 fully saturated rings. The normalized spacial score (nSPS) is 26.5. The molecule has 1 aliphatic heterocycles. The van der Waals surface area contributed by atoms with Crippen LogP contribution < -0.4 is 0 Å². The molecule has 0 bridgehead atoms. The predicted molar refractivity (Wildman–Crippen MR) is 58.3 cm³/mol. The van der Waals surface area contributed by atoms with Crippen molar-refractivity contribution in [2.24, 2.45) is 5.41 Å². The lowest BCUT2D eigenvalue weighted by Gasteiger charge is -2.26. The smallest absolute Gasteiger partial charge is 0.243 e. The van der Waals surface area contributed by atoms with Gasteiger partial charge in [0.1, 0.15) is 5.41 Å². The SMILES string of the molecule is N#CC1(C(=O)N2CCCC2CCCO)CC1. The van der Waals surface area contributed by atoms with Crippen LogP contribution in [-0.4, -0.2) is 35.1 Å². The Balaban J connectivity index is 1.98. The topological polar surface area (TPSA) is 64.3 Å². The van der Waals surface area contributed by atoms with Gasteiger partial charge in [-0.15, -0.1) is 0 Å². The number of aliphatic hydroxyl groups excluding tert-OH is 1. The maximum absolute atomic E-state index is 12.2. The van der Waals surface area contributed by atoms with Crippen LogP contribution in [0.4, 0.5) is 0 Å². The molecule has 1 aliphatic carbocycles. The summed E-state index contributed by atoms with van der Waals surface area (Å²) in [5, 5.41) is 17.8. The van der Waals surface area contributed by atoms with Gasteiger partial charge in [-0.3, -0.25) is 4.79 Å². The van der Waals surface area contributed by atoms with Crippen molar-refractivity contribution >= 4 is 5.91 Å². The van der Waals surface area contributed by atoms with Crippen molar-refractivity contribution in [1.29, 1.82) is 5.26 Å². The van der Waals surface area contributed by atoms with Gasteiger partial charge in [-0.25, -0.2) is 0 Å². The molecule has 0 aromatic heterocycles. The third kappa shape index (κ3) is 1.92. The molecule has 1 unspecified atom stereocenters. The lowest BCUT2D eigenvalue weighted by molar-refractivity contribution is -0.135. The van der Waals surface area contributed by atoms with Gasteiger partial charge in [-0.1, -0.05) is 0 Å². The molecule has 0 spiro atoms. The molecule has 1 N–H and O–H groups in total. The first-order valence-corrected chi connectivity index (χ1v) is 6.07. The van der Waals surface area contributed by atoms with Crippen molar-refractivity contribution in [3.05, 3.63) is 0 Å². The maximum Gasteiger partial charge on any atom is 0.243 e. The van der Waals surface area contributed by atoms with Gasteiger partial charge in [0.15, 0.2) is 0 Å². The predicted octanol–water partition coefficient (Wildman–Crippen LogP) is 1.05. The summed E-state index contributed by atoms with van der Waals surface area (Å²) in [4.78, 5) is 14.1. The van der Waals surface area contributed by atoms with E-state index in [0.29, 0.717) is 0 Å². The van der Waals surface area contributed by atoms with Crippen LogP contribution in [0.1, 0.15) is 38.5 Å².